The molecule has 1 aliphatic rings. The zero-order valence-electron chi connectivity index (χ0n) is 14.6. The van der Waals surface area contributed by atoms with Gasteiger partial charge in [-0.3, -0.25) is 4.79 Å². The van der Waals surface area contributed by atoms with E-state index in [1.54, 1.807) is 30.3 Å². The third-order valence-electron chi connectivity index (χ3n) is 4.20. The van der Waals surface area contributed by atoms with E-state index in [9.17, 15) is 9.59 Å². The number of hydrogen-bond donors (Lipinski definition) is 2. The molecule has 0 aliphatic carbocycles. The molecule has 1 unspecified atom stereocenters. The fourth-order valence-corrected chi connectivity index (χ4v) is 3.05. The number of hydrogen-bond acceptors (Lipinski definition) is 4. The Morgan fingerprint density at radius 3 is 2.85 bits per heavy atom. The third kappa shape index (κ3) is 5.45. The van der Waals surface area contributed by atoms with Crippen LogP contribution >= 0.6 is 11.6 Å². The largest absolute Gasteiger partial charge is 0.489 e. The molecular formula is C20H20ClNO5. The van der Waals surface area contributed by atoms with Gasteiger partial charge in [0.1, 0.15) is 12.4 Å². The van der Waals surface area contributed by atoms with Gasteiger partial charge in [0.25, 0.3) is 0 Å². The van der Waals surface area contributed by atoms with Gasteiger partial charge in [0.05, 0.1) is 23.8 Å². The summed E-state index contributed by atoms with van der Waals surface area (Å²) in [5, 5.41) is 12.3. The monoisotopic (exact) mass is 389 g/mol. The zero-order chi connectivity index (χ0) is 19.2. The highest BCUT2D eigenvalue weighted by molar-refractivity contribution is 6.31. The summed E-state index contributed by atoms with van der Waals surface area (Å²) in [6, 6.07) is 11.3. The first kappa shape index (κ1) is 19.2. The van der Waals surface area contributed by atoms with Crippen LogP contribution in [-0.2, 0) is 16.0 Å². The van der Waals surface area contributed by atoms with Crippen molar-refractivity contribution < 1.29 is 24.2 Å². The summed E-state index contributed by atoms with van der Waals surface area (Å²) >= 11 is 6.05. The number of halogens is 1. The molecule has 0 saturated carbocycles. The van der Waals surface area contributed by atoms with Gasteiger partial charge in [-0.1, -0.05) is 23.7 Å². The first-order valence-electron chi connectivity index (χ1n) is 8.67. The molecule has 1 saturated heterocycles. The number of benzene rings is 2. The van der Waals surface area contributed by atoms with Crippen LogP contribution in [0.3, 0.4) is 0 Å². The molecule has 142 valence electrons. The Morgan fingerprint density at radius 2 is 2.11 bits per heavy atom. The number of carboxylic acid groups (broad SMARTS) is 1. The molecular weight excluding hydrogens is 370 g/mol. The lowest BCUT2D eigenvalue weighted by molar-refractivity contribution is -0.115. The molecule has 27 heavy (non-hydrogen) atoms. The summed E-state index contributed by atoms with van der Waals surface area (Å²) in [6.07, 6.45) is 2.07. The van der Waals surface area contributed by atoms with Crippen molar-refractivity contribution in [3.05, 3.63) is 58.6 Å². The molecule has 1 atom stereocenters. The van der Waals surface area contributed by atoms with Gasteiger partial charge in [0, 0.05) is 11.6 Å². The second kappa shape index (κ2) is 8.88. The van der Waals surface area contributed by atoms with Crippen molar-refractivity contribution in [2.45, 2.75) is 25.4 Å². The molecule has 3 rings (SSSR count). The van der Waals surface area contributed by atoms with Crippen LogP contribution in [0.1, 0.15) is 28.8 Å². The standard InChI is InChI=1S/C20H20ClNO5/c21-15-6-7-18(27-12-16-5-2-8-26-16)17(11-15)22-19(23)10-13-3-1-4-14(9-13)20(24)25/h1,3-4,6-7,9,11,16H,2,5,8,10,12H2,(H,22,23)(H,24,25). The molecule has 2 aromatic carbocycles. The molecule has 1 fully saturated rings. The van der Waals surface area contributed by atoms with E-state index >= 15 is 0 Å². The van der Waals surface area contributed by atoms with E-state index in [1.165, 1.54) is 12.1 Å². The SMILES string of the molecule is O=C(Cc1cccc(C(=O)O)c1)Nc1cc(Cl)ccc1OCC1CCCO1. The molecule has 6 nitrogen and oxygen atoms in total. The van der Waals surface area contributed by atoms with E-state index in [4.69, 9.17) is 26.2 Å². The summed E-state index contributed by atoms with van der Waals surface area (Å²) in [5.74, 6) is -0.804. The minimum atomic E-state index is -1.03. The number of carbonyl (C=O) groups is 2. The molecule has 2 aromatic rings. The molecule has 7 heteroatoms. The smallest absolute Gasteiger partial charge is 0.335 e. The van der Waals surface area contributed by atoms with Crippen LogP contribution in [0.4, 0.5) is 5.69 Å². The maximum absolute atomic E-state index is 12.4. The summed E-state index contributed by atoms with van der Waals surface area (Å²) in [4.78, 5) is 23.5. The highest BCUT2D eigenvalue weighted by Crippen LogP contribution is 2.29. The second-order valence-corrected chi connectivity index (χ2v) is 6.75. The van der Waals surface area contributed by atoms with Crippen molar-refractivity contribution in [1.29, 1.82) is 0 Å². The quantitative estimate of drug-likeness (QED) is 0.752. The fraction of sp³-hybridized carbons (Fsp3) is 0.300. The highest BCUT2D eigenvalue weighted by Gasteiger charge is 2.17. The number of ether oxygens (including phenoxy) is 2. The molecule has 0 radical (unpaired) electrons. The van der Waals surface area contributed by atoms with Crippen LogP contribution in [0.2, 0.25) is 5.02 Å². The zero-order valence-corrected chi connectivity index (χ0v) is 15.4. The van der Waals surface area contributed by atoms with Crippen LogP contribution in [-0.4, -0.2) is 36.3 Å². The first-order valence-corrected chi connectivity index (χ1v) is 9.05. The maximum Gasteiger partial charge on any atom is 0.335 e. The van der Waals surface area contributed by atoms with E-state index in [0.29, 0.717) is 28.6 Å². The van der Waals surface area contributed by atoms with Crippen LogP contribution in [0, 0.1) is 0 Å². The van der Waals surface area contributed by atoms with Gasteiger partial charge in [-0.15, -0.1) is 0 Å². The predicted molar refractivity (Wildman–Crippen MR) is 102 cm³/mol. The van der Waals surface area contributed by atoms with Gasteiger partial charge in [-0.2, -0.15) is 0 Å². The number of aromatic carboxylic acids is 1. The lowest BCUT2D eigenvalue weighted by atomic mass is 10.1. The number of amides is 1. The Labute approximate surface area is 162 Å². The van der Waals surface area contributed by atoms with Gasteiger partial charge in [0.15, 0.2) is 0 Å². The van der Waals surface area contributed by atoms with Crippen molar-refractivity contribution in [2.24, 2.45) is 0 Å². The third-order valence-corrected chi connectivity index (χ3v) is 4.44. The summed E-state index contributed by atoms with van der Waals surface area (Å²) in [6.45, 7) is 1.15. The number of rotatable bonds is 7. The van der Waals surface area contributed by atoms with Crippen molar-refractivity contribution in [1.82, 2.24) is 0 Å². The van der Waals surface area contributed by atoms with Crippen molar-refractivity contribution in [3.63, 3.8) is 0 Å². The maximum atomic E-state index is 12.4. The molecule has 1 aliphatic heterocycles. The molecule has 1 heterocycles. The summed E-state index contributed by atoms with van der Waals surface area (Å²) < 4.78 is 11.3. The number of nitrogens with one attached hydrogen (secondary N) is 1. The predicted octanol–water partition coefficient (Wildman–Crippen LogP) is 3.78. The average molecular weight is 390 g/mol. The minimum absolute atomic E-state index is 0.0405. The van der Waals surface area contributed by atoms with Crippen LogP contribution in [0.15, 0.2) is 42.5 Å². The molecule has 0 aromatic heterocycles. The van der Waals surface area contributed by atoms with E-state index in [1.807, 2.05) is 0 Å². The van der Waals surface area contributed by atoms with Gasteiger partial charge in [-0.05, 0) is 48.7 Å². The fourth-order valence-electron chi connectivity index (χ4n) is 2.88. The lowest BCUT2D eigenvalue weighted by Gasteiger charge is -2.15. The minimum Gasteiger partial charge on any atom is -0.489 e. The van der Waals surface area contributed by atoms with E-state index in [2.05, 4.69) is 5.32 Å². The number of carbonyl (C=O) groups excluding carboxylic acids is 1. The van der Waals surface area contributed by atoms with Crippen LogP contribution in [0.25, 0.3) is 0 Å². The van der Waals surface area contributed by atoms with Crippen LogP contribution in [0.5, 0.6) is 5.75 Å². The van der Waals surface area contributed by atoms with Crippen molar-refractivity contribution in [2.75, 3.05) is 18.5 Å². The summed E-state index contributed by atoms with van der Waals surface area (Å²) in [5.41, 5.74) is 1.22. The van der Waals surface area contributed by atoms with Crippen molar-refractivity contribution >= 4 is 29.2 Å². The van der Waals surface area contributed by atoms with Crippen molar-refractivity contribution in [3.8, 4) is 5.75 Å². The Hall–Kier alpha value is -2.57. The normalized spacial score (nSPS) is 16.1. The molecule has 0 bridgehead atoms. The molecule has 0 spiro atoms. The lowest BCUT2D eigenvalue weighted by Crippen LogP contribution is -2.19. The highest BCUT2D eigenvalue weighted by atomic mass is 35.5. The second-order valence-electron chi connectivity index (χ2n) is 6.32. The summed E-state index contributed by atoms with van der Waals surface area (Å²) in [7, 11) is 0. The Kier molecular flexibility index (Phi) is 6.32. The van der Waals surface area contributed by atoms with Crippen LogP contribution < -0.4 is 10.1 Å². The Morgan fingerprint density at radius 1 is 1.26 bits per heavy atom. The van der Waals surface area contributed by atoms with E-state index in [-0.39, 0.29) is 24.0 Å². The van der Waals surface area contributed by atoms with E-state index < -0.39 is 5.97 Å². The van der Waals surface area contributed by atoms with Gasteiger partial charge >= 0.3 is 5.97 Å². The van der Waals surface area contributed by atoms with Gasteiger partial charge < -0.3 is 19.9 Å². The first-order chi connectivity index (χ1) is 13.0. The Balaban J connectivity index is 1.66. The molecule has 1 amide bonds. The molecule has 2 N–H and O–H groups in total. The van der Waals surface area contributed by atoms with Gasteiger partial charge in [0.2, 0.25) is 5.91 Å². The average Bonchev–Trinajstić information content (AvgIpc) is 3.14. The number of carboxylic acids is 1. The van der Waals surface area contributed by atoms with E-state index in [0.717, 1.165) is 19.4 Å². The Bertz CT molecular complexity index is 833. The number of anilines is 1. The topological polar surface area (TPSA) is 84.9 Å². The van der Waals surface area contributed by atoms with Gasteiger partial charge in [-0.25, -0.2) is 4.79 Å².